The van der Waals surface area contributed by atoms with Gasteiger partial charge in [-0.3, -0.25) is 4.90 Å². The van der Waals surface area contributed by atoms with Gasteiger partial charge < -0.3 is 10.3 Å². The average Bonchev–Trinajstić information content (AvgIpc) is 2.78. The van der Waals surface area contributed by atoms with Gasteiger partial charge in [-0.1, -0.05) is 19.0 Å². The Bertz CT molecular complexity index is 375. The van der Waals surface area contributed by atoms with Gasteiger partial charge in [0.15, 0.2) is 5.82 Å². The first-order valence-electron chi connectivity index (χ1n) is 6.86. The lowest BCUT2D eigenvalue weighted by Gasteiger charge is -2.33. The van der Waals surface area contributed by atoms with E-state index >= 15 is 0 Å². The molecule has 1 aliphatic rings. The van der Waals surface area contributed by atoms with Crippen molar-refractivity contribution in [3.63, 3.8) is 0 Å². The monoisotopic (exact) mass is 252 g/mol. The Kier molecular flexibility index (Phi) is 4.35. The molecular formula is C13H24N4O. The van der Waals surface area contributed by atoms with E-state index in [4.69, 9.17) is 10.3 Å². The molecule has 5 nitrogen and oxygen atoms in total. The minimum absolute atomic E-state index is 0.265. The lowest BCUT2D eigenvalue weighted by atomic mass is 9.92. The standard InChI is InChI=1S/C13H24N4O/c1-9(2)13-15-12(18-16-13)8-17-6-4-5-11(7-17)10(3)14/h9-11H,4-8,14H2,1-3H3. The largest absolute Gasteiger partial charge is 0.338 e. The first-order valence-corrected chi connectivity index (χ1v) is 6.86. The van der Waals surface area contributed by atoms with Crippen molar-refractivity contribution in [2.24, 2.45) is 11.7 Å². The molecule has 5 heteroatoms. The molecule has 1 fully saturated rings. The summed E-state index contributed by atoms with van der Waals surface area (Å²) < 4.78 is 5.29. The van der Waals surface area contributed by atoms with E-state index in [0.29, 0.717) is 11.8 Å². The van der Waals surface area contributed by atoms with Crippen LogP contribution in [0.1, 0.15) is 51.2 Å². The molecule has 1 aromatic heterocycles. The molecule has 0 bridgehead atoms. The summed E-state index contributed by atoms with van der Waals surface area (Å²) >= 11 is 0. The number of aromatic nitrogens is 2. The summed E-state index contributed by atoms with van der Waals surface area (Å²) in [4.78, 5) is 6.79. The molecule has 2 N–H and O–H groups in total. The SMILES string of the molecule is CC(C)c1noc(CN2CCCC(C(C)N)C2)n1. The van der Waals surface area contributed by atoms with Gasteiger partial charge in [0, 0.05) is 18.5 Å². The van der Waals surface area contributed by atoms with Crippen molar-refractivity contribution in [1.29, 1.82) is 0 Å². The van der Waals surface area contributed by atoms with Crippen LogP contribution in [-0.4, -0.2) is 34.2 Å². The molecule has 2 atom stereocenters. The number of nitrogens with two attached hydrogens (primary N) is 1. The zero-order valence-electron chi connectivity index (χ0n) is 11.6. The summed E-state index contributed by atoms with van der Waals surface area (Å²) in [6.07, 6.45) is 2.44. The van der Waals surface area contributed by atoms with Gasteiger partial charge in [0.2, 0.25) is 5.89 Å². The van der Waals surface area contributed by atoms with Crippen molar-refractivity contribution in [1.82, 2.24) is 15.0 Å². The van der Waals surface area contributed by atoms with E-state index in [9.17, 15) is 0 Å². The van der Waals surface area contributed by atoms with Gasteiger partial charge in [-0.2, -0.15) is 4.98 Å². The van der Waals surface area contributed by atoms with E-state index in [0.717, 1.165) is 31.3 Å². The fraction of sp³-hybridized carbons (Fsp3) is 0.846. The molecule has 0 amide bonds. The Morgan fingerprint density at radius 3 is 2.83 bits per heavy atom. The van der Waals surface area contributed by atoms with Gasteiger partial charge in [-0.15, -0.1) is 0 Å². The second-order valence-corrected chi connectivity index (χ2v) is 5.70. The van der Waals surface area contributed by atoms with Crippen molar-refractivity contribution in [3.8, 4) is 0 Å². The maximum Gasteiger partial charge on any atom is 0.240 e. The molecule has 0 aromatic carbocycles. The van der Waals surface area contributed by atoms with E-state index < -0.39 is 0 Å². The van der Waals surface area contributed by atoms with Crippen LogP contribution >= 0.6 is 0 Å². The van der Waals surface area contributed by atoms with Gasteiger partial charge in [0.05, 0.1) is 6.54 Å². The molecule has 1 saturated heterocycles. The zero-order valence-corrected chi connectivity index (χ0v) is 11.6. The summed E-state index contributed by atoms with van der Waals surface area (Å²) in [6.45, 7) is 9.13. The Hall–Kier alpha value is -0.940. The molecule has 1 aliphatic heterocycles. The van der Waals surface area contributed by atoms with E-state index in [-0.39, 0.29) is 6.04 Å². The highest BCUT2D eigenvalue weighted by Gasteiger charge is 2.24. The predicted octanol–water partition coefficient (Wildman–Crippen LogP) is 1.75. The average molecular weight is 252 g/mol. The molecule has 102 valence electrons. The Morgan fingerprint density at radius 2 is 2.22 bits per heavy atom. The van der Waals surface area contributed by atoms with Gasteiger partial charge in [-0.05, 0) is 32.2 Å². The molecule has 0 saturated carbocycles. The fourth-order valence-corrected chi connectivity index (χ4v) is 2.42. The van der Waals surface area contributed by atoms with Crippen molar-refractivity contribution >= 4 is 0 Å². The highest BCUT2D eigenvalue weighted by atomic mass is 16.5. The van der Waals surface area contributed by atoms with Crippen molar-refractivity contribution in [2.45, 2.75) is 52.1 Å². The summed E-state index contributed by atoms with van der Waals surface area (Å²) in [7, 11) is 0. The number of nitrogens with zero attached hydrogens (tertiary/aromatic N) is 3. The molecule has 0 radical (unpaired) electrons. The zero-order chi connectivity index (χ0) is 13.1. The Labute approximate surface area is 109 Å². The maximum atomic E-state index is 5.99. The first kappa shape index (κ1) is 13.5. The number of rotatable bonds is 4. The summed E-state index contributed by atoms with van der Waals surface area (Å²) in [5, 5.41) is 4.00. The number of hydrogen-bond donors (Lipinski definition) is 1. The van der Waals surface area contributed by atoms with Crippen molar-refractivity contribution in [3.05, 3.63) is 11.7 Å². The van der Waals surface area contributed by atoms with Crippen LogP contribution in [0.4, 0.5) is 0 Å². The molecule has 2 heterocycles. The topological polar surface area (TPSA) is 68.2 Å². The van der Waals surface area contributed by atoms with E-state index in [2.05, 4.69) is 35.8 Å². The minimum Gasteiger partial charge on any atom is -0.338 e. The predicted molar refractivity (Wildman–Crippen MR) is 70.0 cm³/mol. The molecular weight excluding hydrogens is 228 g/mol. The van der Waals surface area contributed by atoms with Gasteiger partial charge in [0.1, 0.15) is 0 Å². The van der Waals surface area contributed by atoms with Gasteiger partial charge in [-0.25, -0.2) is 0 Å². The smallest absolute Gasteiger partial charge is 0.240 e. The molecule has 2 rings (SSSR count). The van der Waals surface area contributed by atoms with Crippen LogP contribution in [0.5, 0.6) is 0 Å². The fourth-order valence-electron chi connectivity index (χ4n) is 2.42. The van der Waals surface area contributed by atoms with Crippen LogP contribution in [0.3, 0.4) is 0 Å². The van der Waals surface area contributed by atoms with Crippen LogP contribution in [0, 0.1) is 5.92 Å². The normalized spacial score (nSPS) is 23.5. The lowest BCUT2D eigenvalue weighted by Crippen LogP contribution is -2.41. The summed E-state index contributed by atoms with van der Waals surface area (Å²) in [5.41, 5.74) is 5.99. The minimum atomic E-state index is 0.265. The van der Waals surface area contributed by atoms with E-state index in [1.807, 2.05) is 0 Å². The highest BCUT2D eigenvalue weighted by molar-refractivity contribution is 4.92. The Balaban J connectivity index is 1.92. The molecule has 1 aromatic rings. The number of likely N-dealkylation sites (tertiary alicyclic amines) is 1. The third-order valence-corrected chi connectivity index (χ3v) is 3.64. The molecule has 0 aliphatic carbocycles. The third kappa shape index (κ3) is 3.29. The van der Waals surface area contributed by atoms with Crippen molar-refractivity contribution < 1.29 is 4.52 Å². The number of piperidine rings is 1. The first-order chi connectivity index (χ1) is 8.56. The molecule has 18 heavy (non-hydrogen) atoms. The van der Waals surface area contributed by atoms with Crippen LogP contribution < -0.4 is 5.73 Å². The number of hydrogen-bond acceptors (Lipinski definition) is 5. The molecule has 0 spiro atoms. The molecule has 2 unspecified atom stereocenters. The quantitative estimate of drug-likeness (QED) is 0.884. The van der Waals surface area contributed by atoms with Crippen LogP contribution in [0.15, 0.2) is 4.52 Å². The summed E-state index contributed by atoms with van der Waals surface area (Å²) in [5.74, 6) is 2.43. The summed E-state index contributed by atoms with van der Waals surface area (Å²) in [6, 6.07) is 0.265. The lowest BCUT2D eigenvalue weighted by molar-refractivity contribution is 0.139. The van der Waals surface area contributed by atoms with Crippen LogP contribution in [0.25, 0.3) is 0 Å². The van der Waals surface area contributed by atoms with E-state index in [1.165, 1.54) is 12.8 Å². The van der Waals surface area contributed by atoms with Crippen LogP contribution in [-0.2, 0) is 6.54 Å². The second-order valence-electron chi connectivity index (χ2n) is 5.70. The second kappa shape index (κ2) is 5.80. The van der Waals surface area contributed by atoms with E-state index in [1.54, 1.807) is 0 Å². The van der Waals surface area contributed by atoms with Gasteiger partial charge in [0.25, 0.3) is 0 Å². The van der Waals surface area contributed by atoms with Crippen LogP contribution in [0.2, 0.25) is 0 Å². The highest BCUT2D eigenvalue weighted by Crippen LogP contribution is 2.20. The third-order valence-electron chi connectivity index (χ3n) is 3.64. The maximum absolute atomic E-state index is 5.99. The van der Waals surface area contributed by atoms with Gasteiger partial charge >= 0.3 is 0 Å². The Morgan fingerprint density at radius 1 is 1.44 bits per heavy atom. The van der Waals surface area contributed by atoms with Crippen molar-refractivity contribution in [2.75, 3.05) is 13.1 Å².